The number of hydrogen-bond donors (Lipinski definition) is 1. The molecule has 1 amide bonds. The molecule has 150 valence electrons. The fourth-order valence-electron chi connectivity index (χ4n) is 2.82. The lowest BCUT2D eigenvalue weighted by Crippen LogP contribution is -2.22. The Balaban J connectivity index is 1.66. The molecule has 0 fully saturated rings. The lowest BCUT2D eigenvalue weighted by molar-refractivity contribution is 0.102. The molecule has 3 rings (SSSR count). The third-order valence-corrected chi connectivity index (χ3v) is 6.31. The van der Waals surface area contributed by atoms with Gasteiger partial charge in [0.25, 0.3) is 5.91 Å². The zero-order valence-electron chi connectivity index (χ0n) is 16.4. The maximum Gasteiger partial charge on any atom is 0.255 e. The van der Waals surface area contributed by atoms with E-state index in [0.717, 1.165) is 28.4 Å². The summed E-state index contributed by atoms with van der Waals surface area (Å²) >= 11 is 0. The fraction of sp³-hybridized carbons (Fsp3) is 0.182. The van der Waals surface area contributed by atoms with Crippen LogP contribution in [0.15, 0.2) is 77.8 Å². The summed E-state index contributed by atoms with van der Waals surface area (Å²) in [4.78, 5) is 17.0. The van der Waals surface area contributed by atoms with E-state index in [4.69, 9.17) is 0 Å². The van der Waals surface area contributed by atoms with E-state index in [2.05, 4.69) is 10.3 Å². The van der Waals surface area contributed by atoms with Crippen molar-refractivity contribution in [3.05, 3.63) is 89.7 Å². The molecule has 0 saturated heterocycles. The number of amides is 1. The Morgan fingerprint density at radius 3 is 2.38 bits per heavy atom. The van der Waals surface area contributed by atoms with Crippen molar-refractivity contribution < 1.29 is 13.2 Å². The molecule has 1 N–H and O–H groups in total. The molecule has 6 nitrogen and oxygen atoms in total. The molecule has 0 radical (unpaired) electrons. The van der Waals surface area contributed by atoms with Gasteiger partial charge in [-0.15, -0.1) is 0 Å². The zero-order chi connectivity index (χ0) is 20.9. The van der Waals surface area contributed by atoms with Crippen molar-refractivity contribution in [1.82, 2.24) is 9.29 Å². The van der Waals surface area contributed by atoms with Gasteiger partial charge in [0.05, 0.1) is 4.90 Å². The van der Waals surface area contributed by atoms with E-state index in [1.54, 1.807) is 6.20 Å². The predicted octanol–water partition coefficient (Wildman–Crippen LogP) is 3.37. The summed E-state index contributed by atoms with van der Waals surface area (Å²) < 4.78 is 25.4. The molecule has 2 aromatic carbocycles. The lowest BCUT2D eigenvalue weighted by Gasteiger charge is -2.12. The van der Waals surface area contributed by atoms with Gasteiger partial charge < -0.3 is 5.32 Å². The number of hydrogen-bond acceptors (Lipinski definition) is 4. The number of pyridine rings is 1. The smallest absolute Gasteiger partial charge is 0.255 e. The second-order valence-electron chi connectivity index (χ2n) is 6.79. The number of nitrogens with zero attached hydrogens (tertiary/aromatic N) is 2. The van der Waals surface area contributed by atoms with Gasteiger partial charge in [0, 0.05) is 37.2 Å². The summed E-state index contributed by atoms with van der Waals surface area (Å²) in [6.07, 6.45) is 3.42. The van der Waals surface area contributed by atoms with Crippen LogP contribution in [0.2, 0.25) is 0 Å². The summed E-state index contributed by atoms with van der Waals surface area (Å²) in [5.74, 6) is -0.291. The minimum Gasteiger partial charge on any atom is -0.322 e. The number of anilines is 1. The van der Waals surface area contributed by atoms with Crippen molar-refractivity contribution in [1.29, 1.82) is 0 Å². The van der Waals surface area contributed by atoms with Crippen LogP contribution >= 0.6 is 0 Å². The molecule has 0 spiro atoms. The third-order valence-electron chi connectivity index (χ3n) is 4.48. The average Bonchev–Trinajstić information content (AvgIpc) is 2.73. The first-order valence-electron chi connectivity index (χ1n) is 9.19. The number of carbonyl (C=O) groups excluding carboxylic acids is 1. The van der Waals surface area contributed by atoms with E-state index >= 15 is 0 Å². The maximum atomic E-state index is 12.5. The van der Waals surface area contributed by atoms with Gasteiger partial charge in [0.2, 0.25) is 10.0 Å². The Bertz CT molecular complexity index is 1080. The van der Waals surface area contributed by atoms with Crippen LogP contribution in [0.3, 0.4) is 0 Å². The highest BCUT2D eigenvalue weighted by atomic mass is 32.2. The summed E-state index contributed by atoms with van der Waals surface area (Å²) in [6.45, 7) is 0. The van der Waals surface area contributed by atoms with E-state index in [0.29, 0.717) is 11.3 Å². The number of sulfonamides is 1. The molecule has 3 aromatic rings. The number of nitrogens with one attached hydrogen (secondary N) is 1. The van der Waals surface area contributed by atoms with Crippen LogP contribution in [-0.4, -0.2) is 37.7 Å². The summed E-state index contributed by atoms with van der Waals surface area (Å²) in [6, 6.07) is 19.4. The summed E-state index contributed by atoms with van der Waals surface area (Å²) in [5, 5.41) is 2.86. The Morgan fingerprint density at radius 1 is 0.966 bits per heavy atom. The molecule has 0 saturated carbocycles. The number of carbonyl (C=O) groups is 1. The van der Waals surface area contributed by atoms with Crippen molar-refractivity contribution >= 4 is 21.6 Å². The Hall–Kier alpha value is -3.03. The van der Waals surface area contributed by atoms with Gasteiger partial charge in [-0.25, -0.2) is 12.7 Å². The number of aryl methyl sites for hydroxylation is 2. The van der Waals surface area contributed by atoms with Gasteiger partial charge >= 0.3 is 0 Å². The van der Waals surface area contributed by atoms with E-state index in [9.17, 15) is 13.2 Å². The highest BCUT2D eigenvalue weighted by molar-refractivity contribution is 7.89. The van der Waals surface area contributed by atoms with Crippen molar-refractivity contribution in [2.45, 2.75) is 17.7 Å². The standard InChI is InChI=1S/C22H23N3O3S/c1-25(2)29(27,28)21-13-10-18(11-14-21)22(26)24-20-8-5-6-17(16-20)9-12-19-7-3-4-15-23-19/h3-8,10-11,13-16H,9,12H2,1-2H3,(H,24,26). The van der Waals surface area contributed by atoms with Gasteiger partial charge in [0.1, 0.15) is 0 Å². The van der Waals surface area contributed by atoms with Gasteiger partial charge in [-0.2, -0.15) is 0 Å². The molecule has 7 heteroatoms. The Kier molecular flexibility index (Phi) is 6.41. The molecular formula is C22H23N3O3S. The van der Waals surface area contributed by atoms with Crippen LogP contribution in [0.25, 0.3) is 0 Å². The summed E-state index contributed by atoms with van der Waals surface area (Å²) in [7, 11) is -0.579. The number of aromatic nitrogens is 1. The highest BCUT2D eigenvalue weighted by Crippen LogP contribution is 2.17. The molecule has 1 heterocycles. The second kappa shape index (κ2) is 8.98. The zero-order valence-corrected chi connectivity index (χ0v) is 17.2. The predicted molar refractivity (Wildman–Crippen MR) is 113 cm³/mol. The highest BCUT2D eigenvalue weighted by Gasteiger charge is 2.17. The van der Waals surface area contributed by atoms with Gasteiger partial charge in [-0.3, -0.25) is 9.78 Å². The van der Waals surface area contributed by atoms with Crippen molar-refractivity contribution in [2.75, 3.05) is 19.4 Å². The van der Waals surface area contributed by atoms with Crippen LogP contribution in [0.1, 0.15) is 21.6 Å². The van der Waals surface area contributed by atoms with E-state index in [-0.39, 0.29) is 10.8 Å². The van der Waals surface area contributed by atoms with E-state index in [1.807, 2.05) is 42.5 Å². The molecule has 0 unspecified atom stereocenters. The Labute approximate surface area is 171 Å². The van der Waals surface area contributed by atoms with Gasteiger partial charge in [0.15, 0.2) is 0 Å². The number of benzene rings is 2. The first kappa shape index (κ1) is 20.7. The second-order valence-corrected chi connectivity index (χ2v) is 8.94. The van der Waals surface area contributed by atoms with Crippen molar-refractivity contribution in [2.24, 2.45) is 0 Å². The van der Waals surface area contributed by atoms with Crippen LogP contribution in [-0.2, 0) is 22.9 Å². The minimum absolute atomic E-state index is 0.149. The van der Waals surface area contributed by atoms with Crippen molar-refractivity contribution in [3.63, 3.8) is 0 Å². The van der Waals surface area contributed by atoms with E-state index < -0.39 is 10.0 Å². The molecule has 0 aliphatic heterocycles. The van der Waals surface area contributed by atoms with E-state index in [1.165, 1.54) is 38.4 Å². The largest absolute Gasteiger partial charge is 0.322 e. The minimum atomic E-state index is -3.52. The molecule has 1 aromatic heterocycles. The maximum absolute atomic E-state index is 12.5. The molecule has 0 aliphatic carbocycles. The monoisotopic (exact) mass is 409 g/mol. The third kappa shape index (κ3) is 5.28. The molecule has 0 atom stereocenters. The fourth-order valence-corrected chi connectivity index (χ4v) is 3.72. The summed E-state index contributed by atoms with van der Waals surface area (Å²) in [5.41, 5.74) is 3.20. The first-order chi connectivity index (χ1) is 13.9. The molecule has 29 heavy (non-hydrogen) atoms. The van der Waals surface area contributed by atoms with Gasteiger partial charge in [-0.05, 0) is 66.9 Å². The normalized spacial score (nSPS) is 11.4. The SMILES string of the molecule is CN(C)S(=O)(=O)c1ccc(C(=O)Nc2cccc(CCc3ccccn3)c2)cc1. The number of rotatable bonds is 7. The topological polar surface area (TPSA) is 79.4 Å². The van der Waals surface area contributed by atoms with Crippen LogP contribution in [0.5, 0.6) is 0 Å². The lowest BCUT2D eigenvalue weighted by atomic mass is 10.1. The molecule has 0 bridgehead atoms. The Morgan fingerprint density at radius 2 is 1.72 bits per heavy atom. The first-order valence-corrected chi connectivity index (χ1v) is 10.6. The van der Waals surface area contributed by atoms with Gasteiger partial charge in [-0.1, -0.05) is 18.2 Å². The van der Waals surface area contributed by atoms with Crippen LogP contribution < -0.4 is 5.32 Å². The average molecular weight is 410 g/mol. The van der Waals surface area contributed by atoms with Crippen LogP contribution in [0.4, 0.5) is 5.69 Å². The quantitative estimate of drug-likeness (QED) is 0.649. The molecular weight excluding hydrogens is 386 g/mol. The van der Waals surface area contributed by atoms with Crippen molar-refractivity contribution in [3.8, 4) is 0 Å². The molecule has 0 aliphatic rings. The van der Waals surface area contributed by atoms with Crippen LogP contribution in [0, 0.1) is 0 Å².